The number of pyridine rings is 1. The van der Waals surface area contributed by atoms with Gasteiger partial charge in [-0.15, -0.1) is 0 Å². The molecule has 0 aliphatic rings. The minimum atomic E-state index is -3.27. The normalized spacial score (nSPS) is 11.4. The van der Waals surface area contributed by atoms with Crippen LogP contribution < -0.4 is 10.0 Å². The van der Waals surface area contributed by atoms with Crippen LogP contribution in [0.25, 0.3) is 0 Å². The summed E-state index contributed by atoms with van der Waals surface area (Å²) >= 11 is 0. The van der Waals surface area contributed by atoms with Crippen LogP contribution in [0.5, 0.6) is 0 Å². The highest BCUT2D eigenvalue weighted by atomic mass is 32.2. The topological polar surface area (TPSA) is 71.1 Å². The lowest BCUT2D eigenvalue weighted by atomic mass is 10.3. The van der Waals surface area contributed by atoms with Gasteiger partial charge in [-0.2, -0.15) is 0 Å². The van der Waals surface area contributed by atoms with E-state index in [1.807, 2.05) is 6.92 Å². The molecule has 0 bridgehead atoms. The number of rotatable bonds is 8. The summed E-state index contributed by atoms with van der Waals surface area (Å²) in [6.45, 7) is 5.58. The van der Waals surface area contributed by atoms with Crippen LogP contribution >= 0.6 is 0 Å². The molecule has 0 aromatic carbocycles. The first kappa shape index (κ1) is 14.9. The molecule has 1 aromatic heterocycles. The maximum Gasteiger partial charge on any atom is 0.232 e. The second kappa shape index (κ2) is 7.33. The Hall–Kier alpha value is -1.14. The minimum absolute atomic E-state index is 0.123. The Bertz CT molecular complexity index is 460. The second-order valence-corrected chi connectivity index (χ2v) is 6.06. The van der Waals surface area contributed by atoms with E-state index in [-0.39, 0.29) is 5.75 Å². The molecule has 1 heterocycles. The molecule has 0 amide bonds. The number of hydrogen-bond acceptors (Lipinski definition) is 4. The number of hydrogen-bond donors (Lipinski definition) is 2. The Morgan fingerprint density at radius 3 is 2.78 bits per heavy atom. The highest BCUT2D eigenvalue weighted by Gasteiger charge is 2.11. The highest BCUT2D eigenvalue weighted by Crippen LogP contribution is 2.13. The number of sulfonamides is 1. The second-order valence-electron chi connectivity index (χ2n) is 4.22. The number of aromatic nitrogens is 1. The van der Waals surface area contributed by atoms with E-state index in [4.69, 9.17) is 0 Å². The van der Waals surface area contributed by atoms with Gasteiger partial charge < -0.3 is 5.32 Å². The monoisotopic (exact) mass is 271 g/mol. The summed E-state index contributed by atoms with van der Waals surface area (Å²) in [7, 11) is -3.27. The maximum absolute atomic E-state index is 11.8. The fourth-order valence-electron chi connectivity index (χ4n) is 1.48. The molecule has 0 unspecified atom stereocenters. The van der Waals surface area contributed by atoms with Crippen molar-refractivity contribution in [2.45, 2.75) is 26.7 Å². The predicted molar refractivity (Wildman–Crippen MR) is 74.2 cm³/mol. The molecule has 0 atom stereocenters. The van der Waals surface area contributed by atoms with Crippen LogP contribution in [0, 0.1) is 6.92 Å². The van der Waals surface area contributed by atoms with Crippen LogP contribution in [0.4, 0.5) is 5.69 Å². The summed E-state index contributed by atoms with van der Waals surface area (Å²) < 4.78 is 26.2. The highest BCUT2D eigenvalue weighted by molar-refractivity contribution is 7.92. The average molecular weight is 271 g/mol. The van der Waals surface area contributed by atoms with Crippen molar-refractivity contribution in [2.24, 2.45) is 0 Å². The van der Waals surface area contributed by atoms with Crippen molar-refractivity contribution in [1.29, 1.82) is 0 Å². The molecule has 1 rings (SSSR count). The van der Waals surface area contributed by atoms with Crippen LogP contribution in [0.2, 0.25) is 0 Å². The first-order valence-corrected chi connectivity index (χ1v) is 7.82. The Morgan fingerprint density at radius 1 is 1.33 bits per heavy atom. The number of aryl methyl sites for hydroxylation is 1. The third-order valence-corrected chi connectivity index (χ3v) is 3.85. The number of nitrogens with zero attached hydrogens (tertiary/aromatic N) is 1. The lowest BCUT2D eigenvalue weighted by Gasteiger charge is -2.09. The van der Waals surface area contributed by atoms with E-state index in [9.17, 15) is 8.42 Å². The van der Waals surface area contributed by atoms with Crippen LogP contribution in [0.15, 0.2) is 18.5 Å². The van der Waals surface area contributed by atoms with E-state index in [1.54, 1.807) is 12.3 Å². The average Bonchev–Trinajstić information content (AvgIpc) is 2.31. The van der Waals surface area contributed by atoms with E-state index in [0.29, 0.717) is 12.1 Å². The predicted octanol–water partition coefficient (Wildman–Crippen LogP) is 1.52. The van der Waals surface area contributed by atoms with E-state index in [1.165, 1.54) is 6.20 Å². The third-order valence-electron chi connectivity index (χ3n) is 2.50. The van der Waals surface area contributed by atoms with E-state index in [0.717, 1.165) is 25.1 Å². The molecular formula is C12H21N3O2S. The summed E-state index contributed by atoms with van der Waals surface area (Å²) in [6.07, 6.45) is 4.83. The molecule has 0 saturated carbocycles. The Morgan fingerprint density at radius 2 is 2.11 bits per heavy atom. The van der Waals surface area contributed by atoms with Crippen LogP contribution in [-0.4, -0.2) is 32.2 Å². The molecule has 0 aliphatic heterocycles. The fraction of sp³-hybridized carbons (Fsp3) is 0.583. The molecular weight excluding hydrogens is 250 g/mol. The van der Waals surface area contributed by atoms with E-state index < -0.39 is 10.0 Å². The van der Waals surface area contributed by atoms with E-state index >= 15 is 0 Å². The maximum atomic E-state index is 11.8. The van der Waals surface area contributed by atoms with Crippen molar-refractivity contribution < 1.29 is 8.42 Å². The third kappa shape index (κ3) is 5.46. The van der Waals surface area contributed by atoms with Gasteiger partial charge in [0.15, 0.2) is 0 Å². The molecule has 2 N–H and O–H groups in total. The van der Waals surface area contributed by atoms with Crippen LogP contribution in [0.3, 0.4) is 0 Å². The van der Waals surface area contributed by atoms with Gasteiger partial charge in [0.05, 0.1) is 17.6 Å². The first-order chi connectivity index (χ1) is 8.55. The van der Waals surface area contributed by atoms with Gasteiger partial charge in [-0.1, -0.05) is 6.92 Å². The Kier molecular flexibility index (Phi) is 6.07. The van der Waals surface area contributed by atoms with Gasteiger partial charge in [-0.05, 0) is 44.5 Å². The zero-order valence-corrected chi connectivity index (χ0v) is 11.8. The standard InChI is InChI=1S/C12H21N3O2S/c1-3-6-13-7-4-9-18(16,17)15-12-10-14-8-5-11(12)2/h5,8,10,13,15H,3-4,6-7,9H2,1-2H3. The summed E-state index contributed by atoms with van der Waals surface area (Å²) in [5.41, 5.74) is 1.43. The minimum Gasteiger partial charge on any atom is -0.317 e. The van der Waals surface area contributed by atoms with Crippen molar-refractivity contribution >= 4 is 15.7 Å². The Balaban J connectivity index is 2.43. The fourth-order valence-corrected chi connectivity index (χ4v) is 2.65. The molecule has 0 radical (unpaired) electrons. The van der Waals surface area contributed by atoms with Gasteiger partial charge in [0.1, 0.15) is 0 Å². The quantitative estimate of drug-likeness (QED) is 0.703. The van der Waals surface area contributed by atoms with Gasteiger partial charge in [-0.3, -0.25) is 9.71 Å². The van der Waals surface area contributed by atoms with Crippen molar-refractivity contribution in [1.82, 2.24) is 10.3 Å². The van der Waals surface area contributed by atoms with Gasteiger partial charge >= 0.3 is 0 Å². The van der Waals surface area contributed by atoms with Crippen molar-refractivity contribution in [3.63, 3.8) is 0 Å². The lowest BCUT2D eigenvalue weighted by Crippen LogP contribution is -2.22. The van der Waals surface area contributed by atoms with Crippen molar-refractivity contribution in [2.75, 3.05) is 23.6 Å². The molecule has 102 valence electrons. The zero-order chi connectivity index (χ0) is 13.4. The van der Waals surface area contributed by atoms with Gasteiger partial charge in [-0.25, -0.2) is 8.42 Å². The van der Waals surface area contributed by atoms with Gasteiger partial charge in [0.2, 0.25) is 10.0 Å². The molecule has 1 aromatic rings. The number of anilines is 1. The number of nitrogens with one attached hydrogen (secondary N) is 2. The van der Waals surface area contributed by atoms with Crippen molar-refractivity contribution in [3.05, 3.63) is 24.0 Å². The molecule has 0 saturated heterocycles. The van der Waals surface area contributed by atoms with E-state index in [2.05, 4.69) is 21.9 Å². The zero-order valence-electron chi connectivity index (χ0n) is 10.9. The van der Waals surface area contributed by atoms with Crippen LogP contribution in [-0.2, 0) is 10.0 Å². The summed E-state index contributed by atoms with van der Waals surface area (Å²) in [4.78, 5) is 3.91. The van der Waals surface area contributed by atoms with Gasteiger partial charge in [0.25, 0.3) is 0 Å². The molecule has 18 heavy (non-hydrogen) atoms. The molecule has 5 nitrogen and oxygen atoms in total. The molecule has 0 aliphatic carbocycles. The van der Waals surface area contributed by atoms with Gasteiger partial charge in [0, 0.05) is 6.20 Å². The molecule has 0 spiro atoms. The first-order valence-electron chi connectivity index (χ1n) is 6.17. The molecule has 0 fully saturated rings. The summed E-state index contributed by atoms with van der Waals surface area (Å²) in [5.74, 6) is 0.123. The summed E-state index contributed by atoms with van der Waals surface area (Å²) in [5, 5.41) is 3.18. The smallest absolute Gasteiger partial charge is 0.232 e. The Labute approximate surface area is 109 Å². The van der Waals surface area contributed by atoms with Crippen LogP contribution in [0.1, 0.15) is 25.3 Å². The molecule has 6 heteroatoms. The SMILES string of the molecule is CCCNCCCS(=O)(=O)Nc1cnccc1C. The summed E-state index contributed by atoms with van der Waals surface area (Å²) in [6, 6.07) is 1.78. The van der Waals surface area contributed by atoms with Crippen molar-refractivity contribution in [3.8, 4) is 0 Å². The largest absolute Gasteiger partial charge is 0.317 e. The lowest BCUT2D eigenvalue weighted by molar-refractivity contribution is 0.593.